The third-order valence-corrected chi connectivity index (χ3v) is 4.12. The summed E-state index contributed by atoms with van der Waals surface area (Å²) in [6, 6.07) is 9.78. The number of rotatable bonds is 5. The molecule has 0 bridgehead atoms. The Balaban J connectivity index is 1.87. The van der Waals surface area contributed by atoms with Crippen LogP contribution >= 0.6 is 0 Å². The van der Waals surface area contributed by atoms with E-state index in [-0.39, 0.29) is 11.8 Å². The second-order valence-electron chi connectivity index (χ2n) is 5.73. The summed E-state index contributed by atoms with van der Waals surface area (Å²) in [6.45, 7) is 3.44. The third-order valence-electron chi connectivity index (χ3n) is 4.12. The molecule has 1 aliphatic rings. The molecule has 1 fully saturated rings. The van der Waals surface area contributed by atoms with Gasteiger partial charge in [0.15, 0.2) is 0 Å². The van der Waals surface area contributed by atoms with E-state index in [1.807, 2.05) is 30.3 Å². The zero-order chi connectivity index (χ0) is 13.7. The largest absolute Gasteiger partial charge is 0.355 e. The summed E-state index contributed by atoms with van der Waals surface area (Å²) in [5, 5.41) is 3.08. The van der Waals surface area contributed by atoms with Gasteiger partial charge in [-0.05, 0) is 30.2 Å². The van der Waals surface area contributed by atoms with Crippen molar-refractivity contribution in [3.63, 3.8) is 0 Å². The van der Waals surface area contributed by atoms with Gasteiger partial charge in [-0.1, -0.05) is 43.7 Å². The number of hydrogen-bond acceptors (Lipinski definition) is 2. The molecular formula is C16H24N2O. The van der Waals surface area contributed by atoms with Gasteiger partial charge in [0.2, 0.25) is 5.91 Å². The van der Waals surface area contributed by atoms with E-state index >= 15 is 0 Å². The Morgan fingerprint density at radius 1 is 1.37 bits per heavy atom. The molecule has 1 aromatic carbocycles. The van der Waals surface area contributed by atoms with Crippen molar-refractivity contribution < 1.29 is 4.79 Å². The standard InChI is InChI=1S/C16H24N2O/c1-12-7-8-13(9-12)11-18-16(19)15(10-17)14-5-3-2-4-6-14/h2-6,12-13,15H,7-11,17H2,1H3,(H,18,19). The van der Waals surface area contributed by atoms with Crippen molar-refractivity contribution in [2.75, 3.05) is 13.1 Å². The van der Waals surface area contributed by atoms with Crippen LogP contribution in [0.3, 0.4) is 0 Å². The van der Waals surface area contributed by atoms with Gasteiger partial charge < -0.3 is 11.1 Å². The van der Waals surface area contributed by atoms with E-state index < -0.39 is 0 Å². The first-order valence-corrected chi connectivity index (χ1v) is 7.23. The lowest BCUT2D eigenvalue weighted by Gasteiger charge is -2.17. The minimum absolute atomic E-state index is 0.0632. The summed E-state index contributed by atoms with van der Waals surface area (Å²) >= 11 is 0. The fraction of sp³-hybridized carbons (Fsp3) is 0.562. The number of nitrogens with two attached hydrogens (primary N) is 1. The highest BCUT2D eigenvalue weighted by atomic mass is 16.1. The molecule has 3 heteroatoms. The van der Waals surface area contributed by atoms with Gasteiger partial charge in [0, 0.05) is 13.1 Å². The van der Waals surface area contributed by atoms with Gasteiger partial charge in [-0.25, -0.2) is 0 Å². The van der Waals surface area contributed by atoms with Crippen molar-refractivity contribution in [2.24, 2.45) is 17.6 Å². The SMILES string of the molecule is CC1CCC(CNC(=O)C(CN)c2ccccc2)C1. The Labute approximate surface area is 115 Å². The summed E-state index contributed by atoms with van der Waals surface area (Å²) in [7, 11) is 0. The first kappa shape index (κ1) is 14.1. The molecule has 2 rings (SSSR count). The molecule has 3 N–H and O–H groups in total. The van der Waals surface area contributed by atoms with Gasteiger partial charge in [-0.2, -0.15) is 0 Å². The molecule has 0 heterocycles. The minimum atomic E-state index is -0.222. The molecule has 0 radical (unpaired) electrons. The van der Waals surface area contributed by atoms with E-state index in [1.165, 1.54) is 19.3 Å². The van der Waals surface area contributed by atoms with Crippen molar-refractivity contribution in [1.29, 1.82) is 0 Å². The summed E-state index contributed by atoms with van der Waals surface area (Å²) in [6.07, 6.45) is 3.76. The van der Waals surface area contributed by atoms with Crippen LogP contribution in [0.5, 0.6) is 0 Å². The van der Waals surface area contributed by atoms with E-state index in [0.717, 1.165) is 18.0 Å². The molecule has 104 valence electrons. The van der Waals surface area contributed by atoms with Gasteiger partial charge in [-0.3, -0.25) is 4.79 Å². The van der Waals surface area contributed by atoms with E-state index in [0.29, 0.717) is 12.5 Å². The Hall–Kier alpha value is -1.35. The van der Waals surface area contributed by atoms with Crippen LogP contribution in [0.1, 0.15) is 37.7 Å². The number of nitrogens with one attached hydrogen (secondary N) is 1. The highest BCUT2D eigenvalue weighted by Gasteiger charge is 2.23. The second kappa shape index (κ2) is 6.71. The number of amides is 1. The predicted octanol–water partition coefficient (Wildman–Crippen LogP) is 2.28. The molecule has 0 aromatic heterocycles. The molecule has 19 heavy (non-hydrogen) atoms. The fourth-order valence-electron chi connectivity index (χ4n) is 2.96. The Morgan fingerprint density at radius 2 is 2.11 bits per heavy atom. The Morgan fingerprint density at radius 3 is 2.68 bits per heavy atom. The van der Waals surface area contributed by atoms with Crippen molar-refractivity contribution >= 4 is 5.91 Å². The maximum Gasteiger partial charge on any atom is 0.228 e. The van der Waals surface area contributed by atoms with Crippen LogP contribution in [0.2, 0.25) is 0 Å². The van der Waals surface area contributed by atoms with Crippen LogP contribution in [0, 0.1) is 11.8 Å². The zero-order valence-electron chi connectivity index (χ0n) is 11.6. The zero-order valence-corrected chi connectivity index (χ0v) is 11.6. The first-order valence-electron chi connectivity index (χ1n) is 7.23. The molecule has 0 saturated heterocycles. The molecule has 3 nitrogen and oxygen atoms in total. The van der Waals surface area contributed by atoms with Gasteiger partial charge >= 0.3 is 0 Å². The van der Waals surface area contributed by atoms with Crippen LogP contribution < -0.4 is 11.1 Å². The number of carbonyl (C=O) groups is 1. The first-order chi connectivity index (χ1) is 9.20. The molecule has 0 aliphatic heterocycles. The van der Waals surface area contributed by atoms with E-state index in [4.69, 9.17) is 5.73 Å². The monoisotopic (exact) mass is 260 g/mol. The van der Waals surface area contributed by atoms with E-state index in [2.05, 4.69) is 12.2 Å². The summed E-state index contributed by atoms with van der Waals surface area (Å²) in [5.41, 5.74) is 6.75. The maximum atomic E-state index is 12.2. The smallest absolute Gasteiger partial charge is 0.228 e. The Kier molecular flexibility index (Phi) is 4.97. The van der Waals surface area contributed by atoms with Gasteiger partial charge in [0.25, 0.3) is 0 Å². The van der Waals surface area contributed by atoms with Crippen LogP contribution in [0.25, 0.3) is 0 Å². The van der Waals surface area contributed by atoms with Gasteiger partial charge in [-0.15, -0.1) is 0 Å². The van der Waals surface area contributed by atoms with Gasteiger partial charge in [0.05, 0.1) is 5.92 Å². The quantitative estimate of drug-likeness (QED) is 0.853. The molecular weight excluding hydrogens is 236 g/mol. The maximum absolute atomic E-state index is 12.2. The van der Waals surface area contributed by atoms with Crippen LogP contribution in [-0.4, -0.2) is 19.0 Å². The molecule has 3 atom stereocenters. The summed E-state index contributed by atoms with van der Waals surface area (Å²) in [4.78, 5) is 12.2. The van der Waals surface area contributed by atoms with Crippen molar-refractivity contribution in [3.05, 3.63) is 35.9 Å². The topological polar surface area (TPSA) is 55.1 Å². The molecule has 1 aromatic rings. The molecule has 0 spiro atoms. The fourth-order valence-corrected chi connectivity index (χ4v) is 2.96. The highest BCUT2D eigenvalue weighted by molar-refractivity contribution is 5.83. The summed E-state index contributed by atoms with van der Waals surface area (Å²) < 4.78 is 0. The number of hydrogen-bond donors (Lipinski definition) is 2. The molecule has 3 unspecified atom stereocenters. The molecule has 1 amide bonds. The van der Waals surface area contributed by atoms with Crippen molar-refractivity contribution in [2.45, 2.75) is 32.1 Å². The lowest BCUT2D eigenvalue weighted by Crippen LogP contribution is -2.36. The minimum Gasteiger partial charge on any atom is -0.355 e. The van der Waals surface area contributed by atoms with Crippen LogP contribution in [0.15, 0.2) is 30.3 Å². The van der Waals surface area contributed by atoms with E-state index in [1.54, 1.807) is 0 Å². The highest BCUT2D eigenvalue weighted by Crippen LogP contribution is 2.29. The second-order valence-corrected chi connectivity index (χ2v) is 5.73. The Bertz CT molecular complexity index is 404. The lowest BCUT2D eigenvalue weighted by atomic mass is 9.98. The van der Waals surface area contributed by atoms with Gasteiger partial charge in [0.1, 0.15) is 0 Å². The van der Waals surface area contributed by atoms with Crippen LogP contribution in [-0.2, 0) is 4.79 Å². The third kappa shape index (κ3) is 3.80. The van der Waals surface area contributed by atoms with E-state index in [9.17, 15) is 4.79 Å². The molecule has 1 aliphatic carbocycles. The normalized spacial score (nSPS) is 24.1. The number of benzene rings is 1. The van der Waals surface area contributed by atoms with Crippen molar-refractivity contribution in [1.82, 2.24) is 5.32 Å². The van der Waals surface area contributed by atoms with Crippen LogP contribution in [0.4, 0.5) is 0 Å². The summed E-state index contributed by atoms with van der Waals surface area (Å²) in [5.74, 6) is 1.29. The number of carbonyl (C=O) groups excluding carboxylic acids is 1. The molecule has 1 saturated carbocycles. The lowest BCUT2D eigenvalue weighted by molar-refractivity contribution is -0.122. The average molecular weight is 260 g/mol. The average Bonchev–Trinajstić information content (AvgIpc) is 2.84. The predicted molar refractivity (Wildman–Crippen MR) is 77.8 cm³/mol. The van der Waals surface area contributed by atoms with Crippen molar-refractivity contribution in [3.8, 4) is 0 Å².